The van der Waals surface area contributed by atoms with Crippen molar-refractivity contribution in [2.24, 2.45) is 0 Å². The zero-order valence-electron chi connectivity index (χ0n) is 8.77. The van der Waals surface area contributed by atoms with Crippen LogP contribution < -0.4 is 0 Å². The molecular weight excluding hydrogens is 200 g/mol. The van der Waals surface area contributed by atoms with Crippen LogP contribution in [-0.2, 0) is 23.9 Å². The summed E-state index contributed by atoms with van der Waals surface area (Å²) in [6.45, 7) is 1.27. The van der Waals surface area contributed by atoms with E-state index in [4.69, 9.17) is 0 Å². The van der Waals surface area contributed by atoms with Gasteiger partial charge in [-0.1, -0.05) is 0 Å². The van der Waals surface area contributed by atoms with Crippen LogP contribution in [0.3, 0.4) is 0 Å². The van der Waals surface area contributed by atoms with Gasteiger partial charge in [0, 0.05) is 17.7 Å². The number of carbonyl (C=O) groups excluding carboxylic acids is 3. The normalized spacial score (nSPS) is 11.3. The Kier molecular flexibility index (Phi) is 5.70. The molecule has 0 aliphatic carbocycles. The summed E-state index contributed by atoms with van der Waals surface area (Å²) >= 11 is 0. The lowest BCUT2D eigenvalue weighted by Gasteiger charge is -1.96. The van der Waals surface area contributed by atoms with Gasteiger partial charge >= 0.3 is 11.9 Å². The number of ketones is 1. The SMILES string of the molecule is COC(=O)/C=C(/C=C/C(=O)OC)C(C)=O. The monoisotopic (exact) mass is 212 g/mol. The largest absolute Gasteiger partial charge is 0.466 e. The Morgan fingerprint density at radius 1 is 0.933 bits per heavy atom. The van der Waals surface area contributed by atoms with Crippen molar-refractivity contribution in [2.45, 2.75) is 6.92 Å². The molecule has 0 amide bonds. The number of esters is 2. The average Bonchev–Trinajstić information content (AvgIpc) is 2.22. The van der Waals surface area contributed by atoms with Gasteiger partial charge in [-0.15, -0.1) is 0 Å². The Morgan fingerprint density at radius 3 is 1.87 bits per heavy atom. The highest BCUT2D eigenvalue weighted by molar-refractivity contribution is 6.02. The van der Waals surface area contributed by atoms with E-state index in [-0.39, 0.29) is 11.4 Å². The summed E-state index contributed by atoms with van der Waals surface area (Å²) in [6, 6.07) is 0. The van der Waals surface area contributed by atoms with Gasteiger partial charge in [-0.2, -0.15) is 0 Å². The van der Waals surface area contributed by atoms with Crippen LogP contribution in [0.15, 0.2) is 23.8 Å². The Hall–Kier alpha value is -1.91. The molecule has 0 aromatic heterocycles. The average molecular weight is 212 g/mol. The van der Waals surface area contributed by atoms with E-state index in [1.807, 2.05) is 0 Å². The molecule has 0 bridgehead atoms. The van der Waals surface area contributed by atoms with Gasteiger partial charge in [-0.05, 0) is 13.0 Å². The zero-order chi connectivity index (χ0) is 11.8. The van der Waals surface area contributed by atoms with Gasteiger partial charge in [0.05, 0.1) is 14.2 Å². The first-order valence-corrected chi connectivity index (χ1v) is 4.08. The second-order valence-electron chi connectivity index (χ2n) is 2.54. The lowest BCUT2D eigenvalue weighted by molar-refractivity contribution is -0.136. The highest BCUT2D eigenvalue weighted by Gasteiger charge is 2.04. The molecule has 5 nitrogen and oxygen atoms in total. The fourth-order valence-electron chi connectivity index (χ4n) is 0.679. The number of ether oxygens (including phenoxy) is 2. The maximum absolute atomic E-state index is 11.0. The number of hydrogen-bond acceptors (Lipinski definition) is 5. The molecule has 0 saturated heterocycles. The molecule has 0 aliphatic rings. The molecule has 0 fully saturated rings. The third-order valence-corrected chi connectivity index (χ3v) is 1.48. The lowest BCUT2D eigenvalue weighted by Crippen LogP contribution is -2.02. The van der Waals surface area contributed by atoms with E-state index >= 15 is 0 Å². The summed E-state index contributed by atoms with van der Waals surface area (Å²) in [4.78, 5) is 32.6. The first-order valence-electron chi connectivity index (χ1n) is 4.08. The standard InChI is InChI=1S/C10H12O5/c1-7(11)8(6-10(13)15-3)4-5-9(12)14-2/h4-6H,1-3H3/b5-4+,8-6-. The van der Waals surface area contributed by atoms with Crippen molar-refractivity contribution >= 4 is 17.7 Å². The minimum absolute atomic E-state index is 0.0762. The van der Waals surface area contributed by atoms with Crippen molar-refractivity contribution in [1.82, 2.24) is 0 Å². The third kappa shape index (κ3) is 5.41. The molecule has 5 heteroatoms. The number of methoxy groups -OCH3 is 2. The summed E-state index contributed by atoms with van der Waals surface area (Å²) in [5.74, 6) is -1.61. The van der Waals surface area contributed by atoms with Crippen molar-refractivity contribution in [1.29, 1.82) is 0 Å². The lowest BCUT2D eigenvalue weighted by atomic mass is 10.1. The number of hydrogen-bond donors (Lipinski definition) is 0. The topological polar surface area (TPSA) is 69.7 Å². The molecule has 0 N–H and O–H groups in total. The van der Waals surface area contributed by atoms with Crippen LogP contribution in [0.4, 0.5) is 0 Å². The van der Waals surface area contributed by atoms with Crippen LogP contribution >= 0.6 is 0 Å². The first kappa shape index (κ1) is 13.1. The molecule has 0 aliphatic heterocycles. The van der Waals surface area contributed by atoms with E-state index in [1.54, 1.807) is 0 Å². The van der Waals surface area contributed by atoms with Gasteiger partial charge in [0.2, 0.25) is 0 Å². The van der Waals surface area contributed by atoms with Crippen molar-refractivity contribution < 1.29 is 23.9 Å². The predicted octanol–water partition coefficient (Wildman–Crippen LogP) is 0.404. The highest BCUT2D eigenvalue weighted by atomic mass is 16.5. The van der Waals surface area contributed by atoms with E-state index in [0.29, 0.717) is 0 Å². The van der Waals surface area contributed by atoms with Crippen LogP contribution in [0.1, 0.15) is 6.92 Å². The van der Waals surface area contributed by atoms with E-state index in [1.165, 1.54) is 27.2 Å². The number of allylic oxidation sites excluding steroid dienone is 2. The van der Waals surface area contributed by atoms with Crippen LogP contribution in [-0.4, -0.2) is 31.9 Å². The maximum Gasteiger partial charge on any atom is 0.331 e. The molecule has 0 unspecified atom stereocenters. The third-order valence-electron chi connectivity index (χ3n) is 1.48. The van der Waals surface area contributed by atoms with Gasteiger partial charge in [-0.25, -0.2) is 9.59 Å². The van der Waals surface area contributed by atoms with Gasteiger partial charge in [0.15, 0.2) is 5.78 Å². The Balaban J connectivity index is 4.77. The zero-order valence-corrected chi connectivity index (χ0v) is 8.77. The summed E-state index contributed by atoms with van der Waals surface area (Å²) in [5, 5.41) is 0. The Labute approximate surface area is 87.4 Å². The maximum atomic E-state index is 11.0. The van der Waals surface area contributed by atoms with Gasteiger partial charge < -0.3 is 9.47 Å². The highest BCUT2D eigenvalue weighted by Crippen LogP contribution is 2.00. The number of Topliss-reactive ketones (excluding diaryl/α,β-unsaturated/α-hetero) is 1. The van der Waals surface area contributed by atoms with Crippen LogP contribution in [0, 0.1) is 0 Å². The smallest absolute Gasteiger partial charge is 0.331 e. The van der Waals surface area contributed by atoms with Gasteiger partial charge in [0.1, 0.15) is 0 Å². The summed E-state index contributed by atoms with van der Waals surface area (Å²) < 4.78 is 8.68. The number of rotatable bonds is 4. The quantitative estimate of drug-likeness (QED) is 0.383. The second kappa shape index (κ2) is 6.53. The molecule has 0 rings (SSSR count). The first-order chi connectivity index (χ1) is 7.01. The second-order valence-corrected chi connectivity index (χ2v) is 2.54. The molecule has 0 atom stereocenters. The van der Waals surface area contributed by atoms with Crippen molar-refractivity contribution in [3.8, 4) is 0 Å². The van der Waals surface area contributed by atoms with Gasteiger partial charge in [-0.3, -0.25) is 4.79 Å². The summed E-state index contributed by atoms with van der Waals surface area (Å²) in [5.41, 5.74) is 0.0762. The number of carbonyl (C=O) groups is 3. The van der Waals surface area contributed by atoms with Crippen molar-refractivity contribution in [3.63, 3.8) is 0 Å². The molecule has 82 valence electrons. The van der Waals surface area contributed by atoms with Crippen LogP contribution in [0.25, 0.3) is 0 Å². The van der Waals surface area contributed by atoms with Crippen LogP contribution in [0.5, 0.6) is 0 Å². The van der Waals surface area contributed by atoms with E-state index < -0.39 is 11.9 Å². The van der Waals surface area contributed by atoms with Crippen molar-refractivity contribution in [2.75, 3.05) is 14.2 Å². The Morgan fingerprint density at radius 2 is 1.47 bits per heavy atom. The molecular formula is C10H12O5. The molecule has 15 heavy (non-hydrogen) atoms. The fourth-order valence-corrected chi connectivity index (χ4v) is 0.679. The van der Waals surface area contributed by atoms with E-state index in [9.17, 15) is 14.4 Å². The summed E-state index contributed by atoms with van der Waals surface area (Å²) in [7, 11) is 2.41. The molecule has 0 heterocycles. The molecule has 0 aromatic carbocycles. The van der Waals surface area contributed by atoms with Crippen LogP contribution in [0.2, 0.25) is 0 Å². The minimum Gasteiger partial charge on any atom is -0.466 e. The van der Waals surface area contributed by atoms with E-state index in [2.05, 4.69) is 9.47 Å². The fraction of sp³-hybridized carbons (Fsp3) is 0.300. The molecule has 0 radical (unpaired) electrons. The predicted molar refractivity (Wildman–Crippen MR) is 51.9 cm³/mol. The summed E-state index contributed by atoms with van der Waals surface area (Å²) in [6.07, 6.45) is 3.25. The molecule has 0 spiro atoms. The molecule has 0 aromatic rings. The van der Waals surface area contributed by atoms with Crippen molar-refractivity contribution in [3.05, 3.63) is 23.8 Å². The minimum atomic E-state index is -0.658. The Bertz CT molecular complexity index is 325. The molecule has 0 saturated carbocycles. The van der Waals surface area contributed by atoms with E-state index in [0.717, 1.165) is 12.2 Å². The van der Waals surface area contributed by atoms with Gasteiger partial charge in [0.25, 0.3) is 0 Å².